The highest BCUT2D eigenvalue weighted by molar-refractivity contribution is 6.04. The van der Waals surface area contributed by atoms with Crippen molar-refractivity contribution >= 4 is 29.6 Å². The van der Waals surface area contributed by atoms with Gasteiger partial charge in [-0.25, -0.2) is 14.8 Å². The van der Waals surface area contributed by atoms with Crippen LogP contribution in [0.3, 0.4) is 0 Å². The molecule has 10 heteroatoms. The minimum atomic E-state index is -0.607. The fourth-order valence-electron chi connectivity index (χ4n) is 4.33. The molecule has 2 aromatic heterocycles. The van der Waals surface area contributed by atoms with Gasteiger partial charge in [-0.1, -0.05) is 0 Å². The minimum absolute atomic E-state index is 0.0146. The molecule has 5 rings (SSSR count). The van der Waals surface area contributed by atoms with Crippen LogP contribution in [0.25, 0.3) is 0 Å². The van der Waals surface area contributed by atoms with Gasteiger partial charge in [0.2, 0.25) is 0 Å². The second-order valence-corrected chi connectivity index (χ2v) is 8.52. The summed E-state index contributed by atoms with van der Waals surface area (Å²) < 4.78 is 17.1. The number of aldehydes is 1. The zero-order chi connectivity index (χ0) is 22.3. The van der Waals surface area contributed by atoms with Gasteiger partial charge in [-0.05, 0) is 38.5 Å². The van der Waals surface area contributed by atoms with Gasteiger partial charge in [0.05, 0.1) is 18.3 Å². The van der Waals surface area contributed by atoms with Gasteiger partial charge in [-0.2, -0.15) is 0 Å². The van der Waals surface area contributed by atoms with E-state index in [1.54, 1.807) is 29.3 Å². The number of aromatic nitrogens is 2. The van der Waals surface area contributed by atoms with Crippen molar-refractivity contribution < 1.29 is 23.8 Å². The van der Waals surface area contributed by atoms with Crippen LogP contribution in [0.15, 0.2) is 30.5 Å². The van der Waals surface area contributed by atoms with Crippen LogP contribution in [-0.4, -0.2) is 66.5 Å². The van der Waals surface area contributed by atoms with Gasteiger partial charge in [0.15, 0.2) is 17.9 Å². The molecule has 2 fully saturated rings. The Morgan fingerprint density at radius 3 is 3.03 bits per heavy atom. The van der Waals surface area contributed by atoms with E-state index in [4.69, 9.17) is 14.2 Å². The van der Waals surface area contributed by atoms with Gasteiger partial charge in [-0.15, -0.1) is 0 Å². The fraction of sp³-hybridized carbons (Fsp3) is 0.455. The largest absolute Gasteiger partial charge is 0.491 e. The van der Waals surface area contributed by atoms with Gasteiger partial charge in [0, 0.05) is 25.4 Å². The Labute approximate surface area is 185 Å². The predicted molar refractivity (Wildman–Crippen MR) is 116 cm³/mol. The van der Waals surface area contributed by atoms with Crippen LogP contribution in [0, 0.1) is 0 Å². The van der Waals surface area contributed by atoms with Crippen LogP contribution in [0.1, 0.15) is 30.8 Å². The number of nitrogens with one attached hydrogen (secondary N) is 1. The number of anilines is 3. The van der Waals surface area contributed by atoms with Crippen LogP contribution in [0.5, 0.6) is 5.75 Å². The average Bonchev–Trinajstić information content (AvgIpc) is 3.35. The monoisotopic (exact) mass is 439 g/mol. The lowest BCUT2D eigenvalue weighted by Gasteiger charge is -2.35. The number of nitrogens with zero attached hydrogens (tertiary/aromatic N) is 4. The van der Waals surface area contributed by atoms with Gasteiger partial charge in [-0.3, -0.25) is 15.0 Å². The number of carbonyl (C=O) groups is 2. The number of rotatable bonds is 5. The van der Waals surface area contributed by atoms with Gasteiger partial charge >= 0.3 is 6.03 Å². The van der Waals surface area contributed by atoms with Gasteiger partial charge in [0.1, 0.15) is 30.0 Å². The average molecular weight is 439 g/mol. The summed E-state index contributed by atoms with van der Waals surface area (Å²) in [6.07, 6.45) is 2.93. The number of fused-ring (bicyclic) bond motifs is 4. The Hall–Kier alpha value is -3.24. The molecule has 2 amide bonds. The maximum Gasteiger partial charge on any atom is 0.329 e. The van der Waals surface area contributed by atoms with E-state index in [9.17, 15) is 9.59 Å². The zero-order valence-corrected chi connectivity index (χ0v) is 18.0. The molecule has 1 N–H and O–H groups in total. The second-order valence-electron chi connectivity index (χ2n) is 8.52. The first-order valence-electron chi connectivity index (χ1n) is 10.6. The maximum absolute atomic E-state index is 13.2. The lowest BCUT2D eigenvalue weighted by Crippen LogP contribution is -2.48. The fourth-order valence-corrected chi connectivity index (χ4v) is 4.33. The number of amides is 2. The number of hydrogen-bond donors (Lipinski definition) is 1. The Balaban J connectivity index is 1.29. The molecule has 32 heavy (non-hydrogen) atoms. The minimum Gasteiger partial charge on any atom is -0.491 e. The molecule has 168 valence electrons. The highest BCUT2D eigenvalue weighted by Crippen LogP contribution is 2.39. The van der Waals surface area contributed by atoms with Crippen molar-refractivity contribution in [2.24, 2.45) is 0 Å². The number of pyridine rings is 2. The molecular weight excluding hydrogens is 414 g/mol. The van der Waals surface area contributed by atoms with Gasteiger partial charge in [0.25, 0.3) is 0 Å². The molecule has 3 aliphatic rings. The maximum atomic E-state index is 13.2. The lowest BCUT2D eigenvalue weighted by atomic mass is 10.2. The molecule has 0 aliphatic carbocycles. The summed E-state index contributed by atoms with van der Waals surface area (Å²) in [5.41, 5.74) is 1.14. The Bertz CT molecular complexity index is 1050. The first-order valence-corrected chi connectivity index (χ1v) is 10.6. The van der Waals surface area contributed by atoms with Crippen molar-refractivity contribution in [3.05, 3.63) is 36.2 Å². The SMILES string of the molecule is CC1(C)OC[C@H](COc2ccnc(NC(=O)N3c4nc(C=O)ccc4N4CC[C@H]3C4)c2)O1. The molecule has 0 unspecified atom stereocenters. The van der Waals surface area contributed by atoms with E-state index in [0.717, 1.165) is 25.2 Å². The van der Waals surface area contributed by atoms with Crippen LogP contribution in [-0.2, 0) is 9.47 Å². The van der Waals surface area contributed by atoms with Crippen molar-refractivity contribution in [2.75, 3.05) is 41.4 Å². The number of hydrogen-bond acceptors (Lipinski definition) is 8. The van der Waals surface area contributed by atoms with E-state index < -0.39 is 5.79 Å². The summed E-state index contributed by atoms with van der Waals surface area (Å²) in [5, 5.41) is 2.85. The summed E-state index contributed by atoms with van der Waals surface area (Å²) in [7, 11) is 0. The zero-order valence-electron chi connectivity index (χ0n) is 18.0. The summed E-state index contributed by atoms with van der Waals surface area (Å²) in [5.74, 6) is 0.819. The van der Waals surface area contributed by atoms with Crippen molar-refractivity contribution in [1.29, 1.82) is 0 Å². The van der Waals surface area contributed by atoms with Crippen molar-refractivity contribution in [3.8, 4) is 5.75 Å². The van der Waals surface area contributed by atoms with Gasteiger partial charge < -0.3 is 19.1 Å². The highest BCUT2D eigenvalue weighted by Gasteiger charge is 2.40. The third-order valence-electron chi connectivity index (χ3n) is 5.78. The van der Waals surface area contributed by atoms with Crippen molar-refractivity contribution in [3.63, 3.8) is 0 Å². The van der Waals surface area contributed by atoms with Crippen molar-refractivity contribution in [2.45, 2.75) is 38.2 Å². The number of ether oxygens (including phenoxy) is 3. The Morgan fingerprint density at radius 1 is 1.38 bits per heavy atom. The molecule has 10 nitrogen and oxygen atoms in total. The molecule has 3 aliphatic heterocycles. The lowest BCUT2D eigenvalue weighted by molar-refractivity contribution is -0.141. The number of urea groups is 1. The molecule has 2 atom stereocenters. The first-order chi connectivity index (χ1) is 15.4. The van der Waals surface area contributed by atoms with Crippen LogP contribution in [0.4, 0.5) is 22.1 Å². The van der Waals surface area contributed by atoms with Crippen molar-refractivity contribution in [1.82, 2.24) is 9.97 Å². The number of carbonyl (C=O) groups excluding carboxylic acids is 2. The van der Waals surface area contributed by atoms with E-state index in [2.05, 4.69) is 20.2 Å². The topological polar surface area (TPSA) is 106 Å². The molecule has 5 heterocycles. The predicted octanol–water partition coefficient (Wildman–Crippen LogP) is 2.45. The molecule has 0 aromatic carbocycles. The molecule has 0 saturated carbocycles. The Kier molecular flexibility index (Phi) is 5.18. The summed E-state index contributed by atoms with van der Waals surface area (Å²) in [6, 6.07) is 6.55. The summed E-state index contributed by atoms with van der Waals surface area (Å²) in [6.45, 7) is 6.10. The van der Waals surface area contributed by atoms with Crippen LogP contribution in [0.2, 0.25) is 0 Å². The second kappa shape index (κ2) is 8.03. The normalized spacial score (nSPS) is 23.1. The Morgan fingerprint density at radius 2 is 2.25 bits per heavy atom. The van der Waals surface area contributed by atoms with Crippen LogP contribution < -0.4 is 19.9 Å². The molecular formula is C22H25N5O5. The first kappa shape index (κ1) is 20.7. The molecule has 2 bridgehead atoms. The smallest absolute Gasteiger partial charge is 0.329 e. The van der Waals surface area contributed by atoms with E-state index >= 15 is 0 Å². The standard InChI is InChI=1S/C22H25N5O5/c1-22(2)31-13-17(32-22)12-30-16-5-7-23-19(9-16)25-21(29)27-15-6-8-26(10-15)18-4-3-14(11-28)24-20(18)27/h3-5,7,9,11,15,17H,6,8,10,12-13H2,1-2H3,(H,23,25,29)/t15-,17-/m0/s1. The molecule has 2 aromatic rings. The highest BCUT2D eigenvalue weighted by atomic mass is 16.7. The van der Waals surface area contributed by atoms with Crippen LogP contribution >= 0.6 is 0 Å². The third-order valence-corrected chi connectivity index (χ3v) is 5.78. The quantitative estimate of drug-likeness (QED) is 0.708. The van der Waals surface area contributed by atoms with E-state index in [1.165, 1.54) is 0 Å². The third kappa shape index (κ3) is 3.98. The molecule has 2 saturated heterocycles. The van der Waals surface area contributed by atoms with E-state index in [1.807, 2.05) is 19.9 Å². The van der Waals surface area contributed by atoms with E-state index in [0.29, 0.717) is 42.6 Å². The molecule has 0 radical (unpaired) electrons. The van der Waals surface area contributed by atoms with E-state index in [-0.39, 0.29) is 18.2 Å². The summed E-state index contributed by atoms with van der Waals surface area (Å²) >= 11 is 0. The molecule has 0 spiro atoms. The summed E-state index contributed by atoms with van der Waals surface area (Å²) in [4.78, 5) is 36.9.